The molecule has 2 aliphatic rings. The highest BCUT2D eigenvalue weighted by Crippen LogP contribution is 2.54. The number of benzene rings is 1. The van der Waals surface area contributed by atoms with Gasteiger partial charge in [0.05, 0.1) is 23.4 Å². The van der Waals surface area contributed by atoms with Crippen molar-refractivity contribution in [3.05, 3.63) is 58.6 Å². The Hall–Kier alpha value is -3.14. The topological polar surface area (TPSA) is 101 Å². The average molecular weight is 361 g/mol. The van der Waals surface area contributed by atoms with Gasteiger partial charge in [0.2, 0.25) is 0 Å². The Bertz CT molecular complexity index is 909. The van der Waals surface area contributed by atoms with Gasteiger partial charge in [-0.05, 0) is 36.2 Å². The molecule has 0 bridgehead atoms. The van der Waals surface area contributed by atoms with E-state index in [0.29, 0.717) is 18.7 Å². The number of fused-ring (bicyclic) bond motifs is 1. The molecule has 2 N–H and O–H groups in total. The van der Waals surface area contributed by atoms with Gasteiger partial charge in [0, 0.05) is 24.9 Å². The average Bonchev–Trinajstić information content (AvgIpc) is 2.68. The van der Waals surface area contributed by atoms with Crippen molar-refractivity contribution in [2.75, 3.05) is 19.6 Å². The summed E-state index contributed by atoms with van der Waals surface area (Å²) in [6.45, 7) is 4.28. The highest BCUT2D eigenvalue weighted by atomic mass is 19.1. The summed E-state index contributed by atoms with van der Waals surface area (Å²) in [5.41, 5.74) is 6.26. The fraction of sp³-hybridized carbons (Fsp3) is 0.381. The van der Waals surface area contributed by atoms with Gasteiger partial charge >= 0.3 is 0 Å². The number of hydrogen-bond acceptors (Lipinski definition) is 5. The maximum Gasteiger partial charge on any atom is 0.191 e. The van der Waals surface area contributed by atoms with Crippen molar-refractivity contribution in [1.29, 1.82) is 15.8 Å². The van der Waals surface area contributed by atoms with Gasteiger partial charge in [-0.3, -0.25) is 4.90 Å². The predicted octanol–water partition coefficient (Wildman–Crippen LogP) is 2.96. The van der Waals surface area contributed by atoms with Crippen LogP contribution in [0.5, 0.6) is 0 Å². The summed E-state index contributed by atoms with van der Waals surface area (Å²) >= 11 is 0. The first kappa shape index (κ1) is 18.6. The molecule has 0 saturated carbocycles. The van der Waals surface area contributed by atoms with E-state index >= 15 is 0 Å². The number of nitriles is 3. The third-order valence-corrected chi connectivity index (χ3v) is 5.51. The Morgan fingerprint density at radius 2 is 1.89 bits per heavy atom. The predicted molar refractivity (Wildman–Crippen MR) is 97.9 cm³/mol. The highest BCUT2D eigenvalue weighted by Gasteiger charge is 2.54. The second-order valence-corrected chi connectivity index (χ2v) is 6.99. The molecule has 1 heterocycles. The third-order valence-electron chi connectivity index (χ3n) is 5.51. The molecule has 5 nitrogen and oxygen atoms in total. The van der Waals surface area contributed by atoms with Crippen molar-refractivity contribution in [3.63, 3.8) is 0 Å². The zero-order valence-electron chi connectivity index (χ0n) is 15.1. The van der Waals surface area contributed by atoms with Crippen LogP contribution in [0.4, 0.5) is 4.39 Å². The molecule has 0 spiro atoms. The van der Waals surface area contributed by atoms with Crippen LogP contribution in [0.3, 0.4) is 0 Å². The molecular weight excluding hydrogens is 341 g/mol. The van der Waals surface area contributed by atoms with Crippen molar-refractivity contribution in [3.8, 4) is 18.2 Å². The van der Waals surface area contributed by atoms with Gasteiger partial charge in [-0.25, -0.2) is 4.39 Å². The zero-order valence-corrected chi connectivity index (χ0v) is 15.1. The maximum absolute atomic E-state index is 13.5. The molecular formula is C21H20FN5. The SMILES string of the molecule is CCCN1CC=C2C(C#N)=C(N)C(C#N)(C#N)[C@@H](c3ccc(F)cc3)[C@H]2C1. The van der Waals surface area contributed by atoms with Crippen molar-refractivity contribution in [1.82, 2.24) is 4.90 Å². The van der Waals surface area contributed by atoms with Gasteiger partial charge in [-0.1, -0.05) is 25.1 Å². The van der Waals surface area contributed by atoms with Gasteiger partial charge in [0.1, 0.15) is 11.9 Å². The molecule has 2 atom stereocenters. The summed E-state index contributed by atoms with van der Waals surface area (Å²) in [5, 5.41) is 29.6. The molecule has 0 amide bonds. The molecule has 27 heavy (non-hydrogen) atoms. The number of nitrogens with zero attached hydrogens (tertiary/aromatic N) is 4. The van der Waals surface area contributed by atoms with Crippen LogP contribution in [-0.2, 0) is 0 Å². The van der Waals surface area contributed by atoms with E-state index in [4.69, 9.17) is 5.73 Å². The Balaban J connectivity index is 2.25. The Morgan fingerprint density at radius 3 is 2.44 bits per heavy atom. The second-order valence-electron chi connectivity index (χ2n) is 6.99. The summed E-state index contributed by atoms with van der Waals surface area (Å²) in [5.74, 6) is -1.20. The summed E-state index contributed by atoms with van der Waals surface area (Å²) in [6.07, 6.45) is 2.95. The van der Waals surface area contributed by atoms with E-state index in [1.165, 1.54) is 12.1 Å². The van der Waals surface area contributed by atoms with Crippen molar-refractivity contribution in [2.24, 2.45) is 17.1 Å². The van der Waals surface area contributed by atoms with Crippen LogP contribution in [0.25, 0.3) is 0 Å². The smallest absolute Gasteiger partial charge is 0.191 e. The van der Waals surface area contributed by atoms with E-state index in [-0.39, 0.29) is 23.0 Å². The lowest BCUT2D eigenvalue weighted by atomic mass is 9.58. The molecule has 0 aromatic heterocycles. The number of hydrogen-bond donors (Lipinski definition) is 1. The molecule has 0 radical (unpaired) electrons. The summed E-state index contributed by atoms with van der Waals surface area (Å²) in [4.78, 5) is 2.24. The molecule has 3 rings (SSSR count). The Labute approximate surface area is 158 Å². The van der Waals surface area contributed by atoms with Crippen molar-refractivity contribution in [2.45, 2.75) is 19.3 Å². The molecule has 136 valence electrons. The van der Waals surface area contributed by atoms with Crippen LogP contribution in [0.2, 0.25) is 0 Å². The minimum atomic E-state index is -1.67. The van der Waals surface area contributed by atoms with Crippen molar-refractivity contribution >= 4 is 0 Å². The van der Waals surface area contributed by atoms with E-state index in [1.807, 2.05) is 6.08 Å². The molecule has 6 heteroatoms. The molecule has 1 aromatic carbocycles. The lowest BCUT2D eigenvalue weighted by molar-refractivity contribution is 0.207. The monoisotopic (exact) mass is 361 g/mol. The van der Waals surface area contributed by atoms with E-state index in [1.54, 1.807) is 12.1 Å². The zero-order chi connectivity index (χ0) is 19.6. The van der Waals surface area contributed by atoms with E-state index < -0.39 is 11.3 Å². The first-order chi connectivity index (χ1) is 13.0. The van der Waals surface area contributed by atoms with E-state index in [2.05, 4.69) is 30.0 Å². The number of rotatable bonds is 3. The molecule has 1 aliphatic heterocycles. The largest absolute Gasteiger partial charge is 0.399 e. The lowest BCUT2D eigenvalue weighted by Crippen LogP contribution is -2.48. The molecule has 0 saturated heterocycles. The lowest BCUT2D eigenvalue weighted by Gasteiger charge is -2.45. The molecule has 1 aliphatic carbocycles. The Morgan fingerprint density at radius 1 is 1.22 bits per heavy atom. The fourth-order valence-corrected chi connectivity index (χ4v) is 4.28. The maximum atomic E-state index is 13.5. The minimum absolute atomic E-state index is 0.00392. The Kier molecular flexibility index (Phi) is 5.00. The van der Waals surface area contributed by atoms with Crippen LogP contribution in [0.1, 0.15) is 24.8 Å². The summed E-state index contributed by atoms with van der Waals surface area (Å²) in [6, 6.07) is 12.1. The molecule has 0 unspecified atom stereocenters. The molecule has 1 aromatic rings. The van der Waals surface area contributed by atoms with Gasteiger partial charge in [0.15, 0.2) is 5.41 Å². The summed E-state index contributed by atoms with van der Waals surface area (Å²) < 4.78 is 13.5. The second kappa shape index (κ2) is 7.23. The van der Waals surface area contributed by atoms with Gasteiger partial charge in [-0.2, -0.15) is 15.8 Å². The standard InChI is InChI=1S/C21H20FN5/c1-2-8-27-9-7-16-17(10-23)20(26)21(12-24,13-25)19(18(16)11-27)14-3-5-15(22)6-4-14/h3-7,18-19H,2,8-9,11,26H2,1H3/t18-,19-/m0/s1. The third kappa shape index (κ3) is 2.87. The summed E-state index contributed by atoms with van der Waals surface area (Å²) in [7, 11) is 0. The van der Waals surface area contributed by atoms with Crippen LogP contribution in [0, 0.1) is 51.1 Å². The van der Waals surface area contributed by atoms with E-state index in [0.717, 1.165) is 18.5 Å². The fourth-order valence-electron chi connectivity index (χ4n) is 4.28. The van der Waals surface area contributed by atoms with Gasteiger partial charge in [0.25, 0.3) is 0 Å². The van der Waals surface area contributed by atoms with Crippen LogP contribution >= 0.6 is 0 Å². The van der Waals surface area contributed by atoms with Crippen LogP contribution in [0.15, 0.2) is 47.2 Å². The van der Waals surface area contributed by atoms with Crippen LogP contribution < -0.4 is 5.73 Å². The van der Waals surface area contributed by atoms with Crippen LogP contribution in [-0.4, -0.2) is 24.5 Å². The highest BCUT2D eigenvalue weighted by molar-refractivity contribution is 5.59. The van der Waals surface area contributed by atoms with Crippen molar-refractivity contribution < 1.29 is 4.39 Å². The first-order valence-corrected chi connectivity index (χ1v) is 8.93. The van der Waals surface area contributed by atoms with E-state index in [9.17, 15) is 20.2 Å². The number of nitrogens with two attached hydrogens (primary N) is 1. The number of halogens is 1. The normalized spacial score (nSPS) is 24.2. The van der Waals surface area contributed by atoms with Gasteiger partial charge < -0.3 is 5.73 Å². The quantitative estimate of drug-likeness (QED) is 0.892. The minimum Gasteiger partial charge on any atom is -0.399 e. The first-order valence-electron chi connectivity index (χ1n) is 8.93. The van der Waals surface area contributed by atoms with Gasteiger partial charge in [-0.15, -0.1) is 0 Å². The number of allylic oxidation sites excluding steroid dienone is 2. The molecule has 0 fully saturated rings.